The summed E-state index contributed by atoms with van der Waals surface area (Å²) in [7, 11) is 0. The van der Waals surface area contributed by atoms with E-state index in [0.717, 1.165) is 12.1 Å². The molecule has 5 heteroatoms. The van der Waals surface area contributed by atoms with E-state index < -0.39 is 17.2 Å². The third-order valence-electron chi connectivity index (χ3n) is 2.89. The minimum absolute atomic E-state index is 0.190. The largest absolute Gasteiger partial charge is 0.492 e. The minimum atomic E-state index is -4.44. The van der Waals surface area contributed by atoms with Crippen molar-refractivity contribution >= 4 is 11.9 Å². The van der Waals surface area contributed by atoms with E-state index in [4.69, 9.17) is 4.74 Å². The van der Waals surface area contributed by atoms with Gasteiger partial charge >= 0.3 is 6.18 Å². The van der Waals surface area contributed by atoms with E-state index in [2.05, 4.69) is 0 Å². The number of fused-ring (bicyclic) bond motifs is 1. The van der Waals surface area contributed by atoms with Crippen LogP contribution in [0.3, 0.4) is 0 Å². The van der Waals surface area contributed by atoms with E-state index in [9.17, 15) is 18.0 Å². The van der Waals surface area contributed by atoms with Crippen molar-refractivity contribution in [3.8, 4) is 5.75 Å². The van der Waals surface area contributed by atoms with Crippen LogP contribution < -0.4 is 4.74 Å². The topological polar surface area (TPSA) is 26.3 Å². The zero-order valence-electron chi connectivity index (χ0n) is 10.5. The van der Waals surface area contributed by atoms with Gasteiger partial charge in [0, 0.05) is 16.6 Å². The van der Waals surface area contributed by atoms with Crippen LogP contribution in [0.4, 0.5) is 13.2 Å². The van der Waals surface area contributed by atoms with Gasteiger partial charge in [-0.2, -0.15) is 13.2 Å². The van der Waals surface area contributed by atoms with Crippen molar-refractivity contribution in [2.24, 2.45) is 5.41 Å². The average molecular weight is 270 g/mol. The highest BCUT2D eigenvalue weighted by Gasteiger charge is 2.32. The first kappa shape index (κ1) is 13.6. The van der Waals surface area contributed by atoms with Crippen molar-refractivity contribution < 1.29 is 22.7 Å². The third kappa shape index (κ3) is 2.80. The number of ether oxygens (including phenoxy) is 1. The number of carbonyl (C=O) groups is 1. The molecule has 0 atom stereocenters. The number of alkyl halides is 3. The lowest BCUT2D eigenvalue weighted by Crippen LogP contribution is -2.17. The van der Waals surface area contributed by atoms with Crippen LogP contribution in [0.15, 0.2) is 24.3 Å². The second-order valence-corrected chi connectivity index (χ2v) is 5.20. The van der Waals surface area contributed by atoms with Crippen LogP contribution in [0, 0.1) is 5.41 Å². The monoisotopic (exact) mass is 270 g/mol. The van der Waals surface area contributed by atoms with Crippen LogP contribution >= 0.6 is 0 Å². The molecule has 0 radical (unpaired) electrons. The van der Waals surface area contributed by atoms with Gasteiger partial charge in [0.05, 0.1) is 12.2 Å². The number of halogens is 3. The number of hydrogen-bond acceptors (Lipinski definition) is 2. The molecule has 2 nitrogen and oxygen atoms in total. The fourth-order valence-electron chi connectivity index (χ4n) is 1.96. The molecule has 1 heterocycles. The molecule has 19 heavy (non-hydrogen) atoms. The molecule has 0 saturated carbocycles. The van der Waals surface area contributed by atoms with Gasteiger partial charge in [-0.25, -0.2) is 0 Å². The van der Waals surface area contributed by atoms with Crippen LogP contribution in [0.2, 0.25) is 0 Å². The predicted molar refractivity (Wildman–Crippen MR) is 64.8 cm³/mol. The smallest absolute Gasteiger partial charge is 0.416 e. The van der Waals surface area contributed by atoms with Gasteiger partial charge in [0.25, 0.3) is 0 Å². The fourth-order valence-corrected chi connectivity index (χ4v) is 1.96. The lowest BCUT2D eigenvalue weighted by atomic mass is 9.90. The molecule has 0 aromatic heterocycles. The molecule has 0 fully saturated rings. The first-order chi connectivity index (χ1) is 8.73. The Kier molecular flexibility index (Phi) is 3.16. The summed E-state index contributed by atoms with van der Waals surface area (Å²) in [5.74, 6) is 0.303. The standard InChI is InChI=1S/C14H13F3O2/c1-13(2)6-9(7-18)11-5-10(14(15,16)17)3-4-12(11)19-8-13/h3-7H,8H2,1-2H3. The van der Waals surface area contributed by atoms with Gasteiger partial charge in [0.15, 0.2) is 0 Å². The first-order valence-electron chi connectivity index (χ1n) is 5.75. The highest BCUT2D eigenvalue weighted by atomic mass is 19.4. The Morgan fingerprint density at radius 3 is 2.58 bits per heavy atom. The molecule has 1 aliphatic rings. The van der Waals surface area contributed by atoms with Crippen molar-refractivity contribution in [1.29, 1.82) is 0 Å². The zero-order valence-corrected chi connectivity index (χ0v) is 10.5. The molecule has 1 aliphatic heterocycles. The maximum Gasteiger partial charge on any atom is 0.416 e. The maximum absolute atomic E-state index is 12.7. The summed E-state index contributed by atoms with van der Waals surface area (Å²) in [4.78, 5) is 11.1. The first-order valence-corrected chi connectivity index (χ1v) is 5.75. The molecular formula is C14H13F3O2. The molecule has 0 unspecified atom stereocenters. The number of rotatable bonds is 1. The van der Waals surface area contributed by atoms with Crippen molar-refractivity contribution in [1.82, 2.24) is 0 Å². The van der Waals surface area contributed by atoms with E-state index in [1.165, 1.54) is 6.07 Å². The number of carbonyl (C=O) groups excluding carboxylic acids is 1. The van der Waals surface area contributed by atoms with Crippen LogP contribution in [0.5, 0.6) is 5.75 Å². The van der Waals surface area contributed by atoms with Gasteiger partial charge in [-0.15, -0.1) is 0 Å². The molecule has 1 aromatic carbocycles. The van der Waals surface area contributed by atoms with Crippen LogP contribution in [0.1, 0.15) is 25.0 Å². The summed E-state index contributed by atoms with van der Waals surface area (Å²) >= 11 is 0. The summed E-state index contributed by atoms with van der Waals surface area (Å²) in [6, 6.07) is 3.17. The maximum atomic E-state index is 12.7. The van der Waals surface area contributed by atoms with Gasteiger partial charge in [-0.05, 0) is 18.2 Å². The Bertz CT molecular complexity index is 542. The predicted octanol–water partition coefficient (Wildman–Crippen LogP) is 3.71. The summed E-state index contributed by atoms with van der Waals surface area (Å²) < 4.78 is 43.6. The summed E-state index contributed by atoms with van der Waals surface area (Å²) in [6.45, 7) is 4.02. The Hall–Kier alpha value is -1.78. The molecule has 0 spiro atoms. The molecule has 0 saturated heterocycles. The Balaban J connectivity index is 2.59. The van der Waals surface area contributed by atoms with Crippen LogP contribution in [0.25, 0.3) is 5.57 Å². The summed E-state index contributed by atoms with van der Waals surface area (Å²) in [5, 5.41) is 0. The van der Waals surface area contributed by atoms with Crippen molar-refractivity contribution in [2.45, 2.75) is 20.0 Å². The van der Waals surface area contributed by atoms with E-state index in [0.29, 0.717) is 18.6 Å². The molecule has 1 aromatic rings. The van der Waals surface area contributed by atoms with Crippen molar-refractivity contribution in [3.05, 3.63) is 35.4 Å². The van der Waals surface area contributed by atoms with Gasteiger partial charge in [-0.3, -0.25) is 4.79 Å². The SMILES string of the molecule is CC1(C)C=C(C=O)c2cc(C(F)(F)F)ccc2OC1. The number of aldehydes is 1. The normalized spacial score (nSPS) is 17.8. The highest BCUT2D eigenvalue weighted by molar-refractivity contribution is 6.08. The third-order valence-corrected chi connectivity index (χ3v) is 2.89. The minimum Gasteiger partial charge on any atom is -0.492 e. The number of benzene rings is 1. The van der Waals surface area contributed by atoms with E-state index >= 15 is 0 Å². The lowest BCUT2D eigenvalue weighted by molar-refractivity contribution is -0.137. The zero-order chi connectivity index (χ0) is 14.3. The molecule has 0 aliphatic carbocycles. The summed E-state index contributed by atoms with van der Waals surface area (Å²) in [6.07, 6.45) is -2.23. The van der Waals surface area contributed by atoms with Gasteiger partial charge in [0.2, 0.25) is 0 Å². The van der Waals surface area contributed by atoms with E-state index in [1.54, 1.807) is 6.08 Å². The highest BCUT2D eigenvalue weighted by Crippen LogP contribution is 2.38. The Morgan fingerprint density at radius 2 is 2.00 bits per heavy atom. The second kappa shape index (κ2) is 4.40. The fraction of sp³-hybridized carbons (Fsp3) is 0.357. The Labute approximate surface area is 108 Å². The molecule has 0 bridgehead atoms. The average Bonchev–Trinajstić information content (AvgIpc) is 2.44. The number of allylic oxidation sites excluding steroid dienone is 1. The van der Waals surface area contributed by atoms with Crippen LogP contribution in [-0.4, -0.2) is 12.9 Å². The second-order valence-electron chi connectivity index (χ2n) is 5.20. The van der Waals surface area contributed by atoms with E-state index in [-0.39, 0.29) is 11.1 Å². The van der Waals surface area contributed by atoms with Crippen molar-refractivity contribution in [3.63, 3.8) is 0 Å². The number of hydrogen-bond donors (Lipinski definition) is 0. The van der Waals surface area contributed by atoms with Crippen molar-refractivity contribution in [2.75, 3.05) is 6.61 Å². The molecular weight excluding hydrogens is 257 g/mol. The molecule has 0 N–H and O–H groups in total. The van der Waals surface area contributed by atoms with Gasteiger partial charge in [-0.1, -0.05) is 19.9 Å². The van der Waals surface area contributed by atoms with Crippen LogP contribution in [-0.2, 0) is 11.0 Å². The van der Waals surface area contributed by atoms with E-state index in [1.807, 2.05) is 13.8 Å². The van der Waals surface area contributed by atoms with Gasteiger partial charge in [0.1, 0.15) is 12.0 Å². The summed E-state index contributed by atoms with van der Waals surface area (Å²) in [5.41, 5.74) is -0.783. The molecule has 0 amide bonds. The molecule has 102 valence electrons. The quantitative estimate of drug-likeness (QED) is 0.727. The molecule has 2 rings (SSSR count). The lowest BCUT2D eigenvalue weighted by Gasteiger charge is -2.18. The van der Waals surface area contributed by atoms with Gasteiger partial charge < -0.3 is 4.74 Å². The Morgan fingerprint density at radius 1 is 1.32 bits per heavy atom.